The molecular weight excluding hydrogens is 183 g/mol. The Labute approximate surface area is 92.0 Å². The summed E-state index contributed by atoms with van der Waals surface area (Å²) in [6.07, 6.45) is 0. The molecule has 2 rings (SSSR count). The molecule has 1 saturated heterocycles. The van der Waals surface area contributed by atoms with Gasteiger partial charge in [0.25, 0.3) is 0 Å². The molecule has 3 heteroatoms. The molecule has 0 bridgehead atoms. The zero-order valence-corrected chi connectivity index (χ0v) is 9.27. The van der Waals surface area contributed by atoms with Crippen molar-refractivity contribution in [2.75, 3.05) is 27.2 Å². The highest BCUT2D eigenvalue weighted by Crippen LogP contribution is 2.04. The molecule has 76 valence electrons. The number of benzene rings is 1. The van der Waals surface area contributed by atoms with Gasteiger partial charge in [0.2, 0.25) is 0 Å². The molecule has 1 aromatic rings. The Morgan fingerprint density at radius 2 is 1.67 bits per heavy atom. The van der Waals surface area contributed by atoms with Crippen LogP contribution in [0, 0.1) is 11.7 Å². The summed E-state index contributed by atoms with van der Waals surface area (Å²) in [4.78, 5) is 4.55. The quantitative estimate of drug-likeness (QED) is 0.452. The number of likely N-dealkylation sites (N-methyl/N-ethyl adjacent to an activating group) is 2. The van der Waals surface area contributed by atoms with Crippen molar-refractivity contribution < 1.29 is 0 Å². The number of nitrogens with zero attached hydrogens (tertiary/aromatic N) is 2. The van der Waals surface area contributed by atoms with E-state index in [1.807, 2.05) is 30.3 Å². The summed E-state index contributed by atoms with van der Waals surface area (Å²) in [5, 5.41) is 0. The highest BCUT2D eigenvalue weighted by Gasteiger charge is 2.29. The first-order chi connectivity index (χ1) is 7.27. The van der Waals surface area contributed by atoms with Crippen LogP contribution < -0.4 is 0 Å². The van der Waals surface area contributed by atoms with Gasteiger partial charge in [-0.1, -0.05) is 24.1 Å². The van der Waals surface area contributed by atoms with Gasteiger partial charge in [-0.05, 0) is 26.2 Å². The number of hydrogen-bond donors (Lipinski definition) is 0. The van der Waals surface area contributed by atoms with Gasteiger partial charge >= 0.3 is 6.98 Å². The average molecular weight is 198 g/mol. The summed E-state index contributed by atoms with van der Waals surface area (Å²) in [5.74, 6) is 6.51. The Kier molecular flexibility index (Phi) is 3.10. The van der Waals surface area contributed by atoms with Crippen molar-refractivity contribution in [3.05, 3.63) is 35.9 Å². The summed E-state index contributed by atoms with van der Waals surface area (Å²) in [6.45, 7) is 2.47. The van der Waals surface area contributed by atoms with E-state index in [0.29, 0.717) is 0 Å². The topological polar surface area (TPSA) is 6.48 Å². The molecule has 0 radical (unpaired) electrons. The van der Waals surface area contributed by atoms with Crippen molar-refractivity contribution in [3.8, 4) is 11.7 Å². The van der Waals surface area contributed by atoms with Gasteiger partial charge < -0.3 is 9.62 Å². The smallest absolute Gasteiger partial charge is 0.319 e. The number of hydrogen-bond acceptors (Lipinski definition) is 2. The van der Waals surface area contributed by atoms with E-state index in [2.05, 4.69) is 35.5 Å². The van der Waals surface area contributed by atoms with Gasteiger partial charge in [-0.15, -0.1) is 5.82 Å². The van der Waals surface area contributed by atoms with E-state index in [0.717, 1.165) is 18.7 Å². The van der Waals surface area contributed by atoms with Crippen molar-refractivity contribution in [3.63, 3.8) is 0 Å². The molecule has 15 heavy (non-hydrogen) atoms. The summed E-state index contributed by atoms with van der Waals surface area (Å²) < 4.78 is 0. The zero-order valence-electron chi connectivity index (χ0n) is 9.27. The van der Waals surface area contributed by atoms with Crippen LogP contribution in [0.25, 0.3) is 0 Å². The van der Waals surface area contributed by atoms with Crippen LogP contribution in [0.5, 0.6) is 0 Å². The van der Waals surface area contributed by atoms with Crippen LogP contribution in [0.2, 0.25) is 0 Å². The molecule has 1 fully saturated rings. The van der Waals surface area contributed by atoms with Crippen molar-refractivity contribution in [2.45, 2.75) is 0 Å². The molecule has 0 spiro atoms. The van der Waals surface area contributed by atoms with E-state index in [4.69, 9.17) is 0 Å². The molecule has 1 aromatic carbocycles. The van der Waals surface area contributed by atoms with Gasteiger partial charge in [-0.2, -0.15) is 0 Å². The highest BCUT2D eigenvalue weighted by molar-refractivity contribution is 6.62. The minimum Gasteiger partial charge on any atom is -0.319 e. The average Bonchev–Trinajstić information content (AvgIpc) is 2.58. The third kappa shape index (κ3) is 2.41. The predicted octanol–water partition coefficient (Wildman–Crippen LogP) is 0.943. The highest BCUT2D eigenvalue weighted by atomic mass is 15.3. The van der Waals surface area contributed by atoms with E-state index in [-0.39, 0.29) is 6.98 Å². The summed E-state index contributed by atoms with van der Waals surface area (Å²) in [7, 11) is 4.24. The molecule has 0 aromatic heterocycles. The van der Waals surface area contributed by atoms with Gasteiger partial charge in [0.05, 0.1) is 0 Å². The first-order valence-corrected chi connectivity index (χ1v) is 5.24. The fourth-order valence-electron chi connectivity index (χ4n) is 1.79. The molecule has 0 saturated carbocycles. The Morgan fingerprint density at radius 3 is 2.27 bits per heavy atom. The molecule has 0 N–H and O–H groups in total. The molecule has 0 aliphatic carbocycles. The lowest BCUT2D eigenvalue weighted by Crippen LogP contribution is -2.38. The van der Waals surface area contributed by atoms with E-state index >= 15 is 0 Å². The van der Waals surface area contributed by atoms with Gasteiger partial charge in [0.15, 0.2) is 0 Å². The third-order valence-corrected chi connectivity index (χ3v) is 2.76. The Bertz CT molecular complexity index is 370. The standard InChI is InChI=1S/C12H15BN2/c1-14-10-11-15(2)13(14)9-8-12-6-4-3-5-7-12/h3-7H,10-11H2,1-2H3. The Morgan fingerprint density at radius 1 is 1.07 bits per heavy atom. The maximum atomic E-state index is 3.30. The van der Waals surface area contributed by atoms with Gasteiger partial charge in [0.1, 0.15) is 0 Å². The van der Waals surface area contributed by atoms with Crippen LogP contribution in [0.1, 0.15) is 5.56 Å². The molecule has 1 aliphatic rings. The second-order valence-electron chi connectivity index (χ2n) is 3.97. The Hall–Kier alpha value is -1.24. The van der Waals surface area contributed by atoms with E-state index in [1.165, 1.54) is 0 Å². The molecule has 2 nitrogen and oxygen atoms in total. The third-order valence-electron chi connectivity index (χ3n) is 2.76. The van der Waals surface area contributed by atoms with Crippen LogP contribution in [0.15, 0.2) is 30.3 Å². The molecule has 0 unspecified atom stereocenters. The van der Waals surface area contributed by atoms with Crippen LogP contribution in [-0.2, 0) is 0 Å². The maximum Gasteiger partial charge on any atom is 0.399 e. The maximum absolute atomic E-state index is 3.30. The van der Waals surface area contributed by atoms with Crippen molar-refractivity contribution in [1.82, 2.24) is 9.62 Å². The Balaban J connectivity index is 2.11. The summed E-state index contributed by atoms with van der Waals surface area (Å²) in [5.41, 5.74) is 1.09. The SMILES string of the molecule is CN1CCN(C)B1C#Cc1ccccc1. The minimum atomic E-state index is 0.269. The fraction of sp³-hybridized carbons (Fsp3) is 0.333. The lowest BCUT2D eigenvalue weighted by molar-refractivity contribution is 0.553. The summed E-state index contributed by atoms with van der Waals surface area (Å²) >= 11 is 0. The van der Waals surface area contributed by atoms with E-state index in [1.54, 1.807) is 0 Å². The van der Waals surface area contributed by atoms with Crippen LogP contribution in [0.4, 0.5) is 0 Å². The van der Waals surface area contributed by atoms with Crippen molar-refractivity contribution in [2.24, 2.45) is 0 Å². The van der Waals surface area contributed by atoms with Gasteiger partial charge in [-0.25, -0.2) is 0 Å². The minimum absolute atomic E-state index is 0.269. The monoisotopic (exact) mass is 198 g/mol. The van der Waals surface area contributed by atoms with Crippen molar-refractivity contribution >= 4 is 6.98 Å². The number of rotatable bonds is 0. The second-order valence-corrected chi connectivity index (χ2v) is 3.97. The predicted molar refractivity (Wildman–Crippen MR) is 64.3 cm³/mol. The largest absolute Gasteiger partial charge is 0.399 e. The van der Waals surface area contributed by atoms with Crippen molar-refractivity contribution in [1.29, 1.82) is 0 Å². The lowest BCUT2D eigenvalue weighted by Gasteiger charge is -2.13. The van der Waals surface area contributed by atoms with Gasteiger partial charge in [0, 0.05) is 18.7 Å². The first-order valence-electron chi connectivity index (χ1n) is 5.24. The van der Waals surface area contributed by atoms with Gasteiger partial charge in [-0.3, -0.25) is 0 Å². The second kappa shape index (κ2) is 4.52. The van der Waals surface area contributed by atoms with Crippen LogP contribution >= 0.6 is 0 Å². The summed E-state index contributed by atoms with van der Waals surface area (Å²) in [6, 6.07) is 10.1. The first kappa shape index (κ1) is 10.3. The lowest BCUT2D eigenvalue weighted by atomic mass is 9.75. The molecule has 0 amide bonds. The molecular formula is C12H15BN2. The van der Waals surface area contributed by atoms with E-state index in [9.17, 15) is 0 Å². The molecule has 1 aliphatic heterocycles. The fourth-order valence-corrected chi connectivity index (χ4v) is 1.79. The van der Waals surface area contributed by atoms with Crippen LogP contribution in [-0.4, -0.2) is 43.8 Å². The zero-order chi connectivity index (χ0) is 10.7. The molecule has 0 atom stereocenters. The normalized spacial score (nSPS) is 17.6. The molecule has 1 heterocycles. The van der Waals surface area contributed by atoms with Crippen LogP contribution in [0.3, 0.4) is 0 Å². The van der Waals surface area contributed by atoms with E-state index < -0.39 is 0 Å².